The molecule has 84 valence electrons. The fourth-order valence-electron chi connectivity index (χ4n) is 1.26. The molecule has 0 unspecified atom stereocenters. The first-order valence-electron chi connectivity index (χ1n) is 4.56. The van der Waals surface area contributed by atoms with Gasteiger partial charge in [-0.1, -0.05) is 23.2 Å². The van der Waals surface area contributed by atoms with Gasteiger partial charge in [-0.2, -0.15) is 0 Å². The SMILES string of the molecule is Nc1cc(Cl)c(SCc2ccco2)c(Cl)c1. The number of nitrogen functional groups attached to an aromatic ring is 1. The van der Waals surface area contributed by atoms with Crippen LogP contribution in [-0.4, -0.2) is 0 Å². The highest BCUT2D eigenvalue weighted by Gasteiger charge is 2.09. The summed E-state index contributed by atoms with van der Waals surface area (Å²) < 4.78 is 5.23. The topological polar surface area (TPSA) is 39.2 Å². The van der Waals surface area contributed by atoms with Crippen molar-refractivity contribution in [2.75, 3.05) is 5.73 Å². The van der Waals surface area contributed by atoms with E-state index >= 15 is 0 Å². The Labute approximate surface area is 108 Å². The van der Waals surface area contributed by atoms with Crippen LogP contribution in [0.3, 0.4) is 0 Å². The molecule has 0 fully saturated rings. The molecule has 0 bridgehead atoms. The lowest BCUT2D eigenvalue weighted by molar-refractivity contribution is 0.530. The van der Waals surface area contributed by atoms with Crippen molar-refractivity contribution in [3.63, 3.8) is 0 Å². The molecule has 2 aromatic rings. The molecule has 1 aromatic carbocycles. The van der Waals surface area contributed by atoms with Gasteiger partial charge in [0.25, 0.3) is 0 Å². The van der Waals surface area contributed by atoms with E-state index < -0.39 is 0 Å². The van der Waals surface area contributed by atoms with Crippen molar-refractivity contribution in [3.8, 4) is 0 Å². The maximum atomic E-state index is 6.06. The van der Waals surface area contributed by atoms with Crippen LogP contribution in [0.15, 0.2) is 39.8 Å². The molecular weight excluding hydrogens is 265 g/mol. The highest BCUT2D eigenvalue weighted by atomic mass is 35.5. The molecule has 0 aliphatic heterocycles. The number of thioether (sulfide) groups is 1. The summed E-state index contributed by atoms with van der Waals surface area (Å²) in [4.78, 5) is 0.828. The molecule has 0 spiro atoms. The fraction of sp³-hybridized carbons (Fsp3) is 0.0909. The van der Waals surface area contributed by atoms with E-state index in [1.165, 1.54) is 11.8 Å². The third kappa shape index (κ3) is 2.67. The number of rotatable bonds is 3. The largest absolute Gasteiger partial charge is 0.468 e. The molecule has 0 aliphatic rings. The Morgan fingerprint density at radius 2 is 1.94 bits per heavy atom. The van der Waals surface area contributed by atoms with Gasteiger partial charge in [-0.15, -0.1) is 11.8 Å². The molecule has 2 N–H and O–H groups in total. The Bertz CT molecular complexity index is 462. The zero-order valence-electron chi connectivity index (χ0n) is 8.24. The van der Waals surface area contributed by atoms with Gasteiger partial charge in [-0.05, 0) is 24.3 Å². The highest BCUT2D eigenvalue weighted by molar-refractivity contribution is 7.98. The number of halogens is 2. The molecule has 0 amide bonds. The zero-order chi connectivity index (χ0) is 11.5. The van der Waals surface area contributed by atoms with Crippen LogP contribution in [-0.2, 0) is 5.75 Å². The lowest BCUT2D eigenvalue weighted by atomic mass is 10.3. The molecule has 5 heteroatoms. The second-order valence-corrected chi connectivity index (χ2v) is 4.98. The summed E-state index contributed by atoms with van der Waals surface area (Å²) >= 11 is 13.6. The van der Waals surface area contributed by atoms with E-state index in [0.717, 1.165) is 10.7 Å². The molecule has 0 atom stereocenters. The van der Waals surface area contributed by atoms with E-state index in [1.807, 2.05) is 12.1 Å². The van der Waals surface area contributed by atoms with Gasteiger partial charge in [-0.25, -0.2) is 0 Å². The molecule has 2 nitrogen and oxygen atoms in total. The first kappa shape index (κ1) is 11.7. The Morgan fingerprint density at radius 1 is 1.25 bits per heavy atom. The van der Waals surface area contributed by atoms with Crippen LogP contribution in [0.1, 0.15) is 5.76 Å². The number of hydrogen-bond donors (Lipinski definition) is 1. The minimum Gasteiger partial charge on any atom is -0.468 e. The number of hydrogen-bond acceptors (Lipinski definition) is 3. The Morgan fingerprint density at radius 3 is 2.50 bits per heavy atom. The molecule has 0 saturated carbocycles. The van der Waals surface area contributed by atoms with Crippen LogP contribution < -0.4 is 5.73 Å². The maximum Gasteiger partial charge on any atom is 0.114 e. The number of benzene rings is 1. The second-order valence-electron chi connectivity index (χ2n) is 3.18. The number of furan rings is 1. The lowest BCUT2D eigenvalue weighted by Crippen LogP contribution is -1.87. The normalized spacial score (nSPS) is 10.6. The maximum absolute atomic E-state index is 6.06. The predicted molar refractivity (Wildman–Crippen MR) is 69.1 cm³/mol. The number of anilines is 1. The van der Waals surface area contributed by atoms with Gasteiger partial charge in [-0.3, -0.25) is 0 Å². The standard InChI is InChI=1S/C11H9Cl2NOS/c12-9-4-7(14)5-10(13)11(9)16-6-8-2-1-3-15-8/h1-5H,6,14H2. The van der Waals surface area contributed by atoms with Crippen LogP contribution in [0, 0.1) is 0 Å². The molecule has 1 aromatic heterocycles. The van der Waals surface area contributed by atoms with Gasteiger partial charge in [0.1, 0.15) is 5.76 Å². The average molecular weight is 274 g/mol. The van der Waals surface area contributed by atoms with Crippen LogP contribution in [0.25, 0.3) is 0 Å². The summed E-state index contributed by atoms with van der Waals surface area (Å²) in [6.45, 7) is 0. The molecule has 0 saturated heterocycles. The Kier molecular flexibility index (Phi) is 3.69. The van der Waals surface area contributed by atoms with Gasteiger partial charge >= 0.3 is 0 Å². The quantitative estimate of drug-likeness (QED) is 0.663. The molecule has 2 rings (SSSR count). The van der Waals surface area contributed by atoms with Crippen molar-refractivity contribution in [2.24, 2.45) is 0 Å². The fourth-order valence-corrected chi connectivity index (χ4v) is 2.93. The summed E-state index contributed by atoms with van der Waals surface area (Å²) in [5.41, 5.74) is 6.19. The van der Waals surface area contributed by atoms with Crippen molar-refractivity contribution >= 4 is 40.7 Å². The van der Waals surface area contributed by atoms with Crippen molar-refractivity contribution in [2.45, 2.75) is 10.6 Å². The minimum atomic E-state index is 0.567. The number of nitrogens with two attached hydrogens (primary N) is 1. The van der Waals surface area contributed by atoms with E-state index in [4.69, 9.17) is 33.4 Å². The smallest absolute Gasteiger partial charge is 0.114 e. The van der Waals surface area contributed by atoms with E-state index in [9.17, 15) is 0 Å². The molecular formula is C11H9Cl2NOS. The van der Waals surface area contributed by atoms with Crippen molar-refractivity contribution < 1.29 is 4.42 Å². The van der Waals surface area contributed by atoms with Crippen LogP contribution in [0.5, 0.6) is 0 Å². The Hall–Kier alpha value is -0.770. The zero-order valence-corrected chi connectivity index (χ0v) is 10.6. The van der Waals surface area contributed by atoms with Crippen molar-refractivity contribution in [1.29, 1.82) is 0 Å². The summed E-state index contributed by atoms with van der Waals surface area (Å²) in [5, 5.41) is 1.14. The van der Waals surface area contributed by atoms with E-state index in [2.05, 4.69) is 0 Å². The van der Waals surface area contributed by atoms with E-state index in [0.29, 0.717) is 21.5 Å². The van der Waals surface area contributed by atoms with Gasteiger partial charge in [0, 0.05) is 10.6 Å². The minimum absolute atomic E-state index is 0.567. The van der Waals surface area contributed by atoms with Crippen LogP contribution in [0.2, 0.25) is 10.0 Å². The second kappa shape index (κ2) is 5.04. The van der Waals surface area contributed by atoms with E-state index in [1.54, 1.807) is 18.4 Å². The molecule has 0 radical (unpaired) electrons. The summed E-state index contributed by atoms with van der Waals surface area (Å²) in [7, 11) is 0. The summed E-state index contributed by atoms with van der Waals surface area (Å²) in [5.74, 6) is 1.57. The monoisotopic (exact) mass is 273 g/mol. The molecule has 0 aliphatic carbocycles. The van der Waals surface area contributed by atoms with Crippen molar-refractivity contribution in [1.82, 2.24) is 0 Å². The summed E-state index contributed by atoms with van der Waals surface area (Å²) in [6.07, 6.45) is 1.64. The van der Waals surface area contributed by atoms with Gasteiger partial charge in [0.05, 0.1) is 22.1 Å². The van der Waals surface area contributed by atoms with Crippen LogP contribution in [0.4, 0.5) is 5.69 Å². The lowest BCUT2D eigenvalue weighted by Gasteiger charge is -2.06. The molecule has 16 heavy (non-hydrogen) atoms. The van der Waals surface area contributed by atoms with Gasteiger partial charge < -0.3 is 10.2 Å². The predicted octanol–water partition coefficient (Wildman–Crippen LogP) is 4.46. The van der Waals surface area contributed by atoms with Crippen LogP contribution >= 0.6 is 35.0 Å². The third-order valence-electron chi connectivity index (χ3n) is 1.96. The Balaban J connectivity index is 2.15. The van der Waals surface area contributed by atoms with Gasteiger partial charge in [0.2, 0.25) is 0 Å². The van der Waals surface area contributed by atoms with E-state index in [-0.39, 0.29) is 0 Å². The molecule has 1 heterocycles. The first-order chi connectivity index (χ1) is 7.66. The first-order valence-corrected chi connectivity index (χ1v) is 6.30. The highest BCUT2D eigenvalue weighted by Crippen LogP contribution is 2.37. The van der Waals surface area contributed by atoms with Crippen molar-refractivity contribution in [3.05, 3.63) is 46.3 Å². The summed E-state index contributed by atoms with van der Waals surface area (Å²) in [6, 6.07) is 7.14. The van der Waals surface area contributed by atoms with Gasteiger partial charge in [0.15, 0.2) is 0 Å². The average Bonchev–Trinajstić information content (AvgIpc) is 2.68. The third-order valence-corrected chi connectivity index (χ3v) is 3.94.